The molecular weight excluding hydrogens is 348 g/mol. The molecule has 1 aliphatic rings. The first-order valence-electron chi connectivity index (χ1n) is 8.55. The van der Waals surface area contributed by atoms with Crippen molar-refractivity contribution in [2.45, 2.75) is 24.7 Å². The topological polar surface area (TPSA) is 59.4 Å². The predicted molar refractivity (Wildman–Crippen MR) is 102 cm³/mol. The van der Waals surface area contributed by atoms with Gasteiger partial charge in [0.1, 0.15) is 5.78 Å². The lowest BCUT2D eigenvalue weighted by Gasteiger charge is -2.19. The zero-order valence-electron chi connectivity index (χ0n) is 14.8. The number of hydrogen-bond acceptors (Lipinski definition) is 4. The van der Waals surface area contributed by atoms with E-state index in [0.717, 1.165) is 22.2 Å². The van der Waals surface area contributed by atoms with Crippen LogP contribution in [0.15, 0.2) is 53.6 Å². The molecule has 0 bridgehead atoms. The lowest BCUT2D eigenvalue weighted by atomic mass is 10.0. The van der Waals surface area contributed by atoms with Crippen LogP contribution in [-0.4, -0.2) is 31.8 Å². The van der Waals surface area contributed by atoms with Gasteiger partial charge in [-0.05, 0) is 42.8 Å². The molecule has 1 aliphatic heterocycles. The number of Topliss-reactive ketones (excluding diaryl/α,β-unsaturated/α-hetero) is 1. The fourth-order valence-electron chi connectivity index (χ4n) is 3.43. The minimum absolute atomic E-state index is 0.175. The van der Waals surface area contributed by atoms with E-state index in [9.17, 15) is 13.2 Å². The van der Waals surface area contributed by atoms with Crippen LogP contribution in [0, 0.1) is 6.92 Å². The zero-order chi connectivity index (χ0) is 18.5. The summed E-state index contributed by atoms with van der Waals surface area (Å²) in [5, 5.41) is 0.848. The van der Waals surface area contributed by atoms with Crippen LogP contribution < -0.4 is 4.90 Å². The van der Waals surface area contributed by atoms with Crippen LogP contribution in [0.25, 0.3) is 10.9 Å². The molecule has 0 saturated heterocycles. The number of nitrogens with zero attached hydrogens (tertiary/aromatic N) is 2. The van der Waals surface area contributed by atoms with Crippen molar-refractivity contribution < 1.29 is 13.2 Å². The third kappa shape index (κ3) is 2.70. The number of rotatable bonds is 2. The van der Waals surface area contributed by atoms with E-state index in [1.165, 1.54) is 3.97 Å². The van der Waals surface area contributed by atoms with Gasteiger partial charge in [0.05, 0.1) is 10.4 Å². The van der Waals surface area contributed by atoms with Crippen molar-refractivity contribution >= 4 is 32.4 Å². The summed E-state index contributed by atoms with van der Waals surface area (Å²) in [6, 6.07) is 12.5. The monoisotopic (exact) mass is 368 g/mol. The van der Waals surface area contributed by atoms with E-state index in [-0.39, 0.29) is 10.7 Å². The summed E-state index contributed by atoms with van der Waals surface area (Å²) >= 11 is 0. The van der Waals surface area contributed by atoms with Gasteiger partial charge >= 0.3 is 0 Å². The summed E-state index contributed by atoms with van der Waals surface area (Å²) in [6.45, 7) is 2.60. The summed E-state index contributed by atoms with van der Waals surface area (Å²) in [6.07, 6.45) is 2.43. The fraction of sp³-hybridized carbons (Fsp3) is 0.250. The number of ketones is 1. The van der Waals surface area contributed by atoms with Gasteiger partial charge in [0, 0.05) is 43.7 Å². The molecule has 0 fully saturated rings. The molecule has 6 heteroatoms. The molecule has 0 amide bonds. The van der Waals surface area contributed by atoms with Gasteiger partial charge in [0.25, 0.3) is 10.0 Å². The average molecular weight is 368 g/mol. The standard InChI is InChI=1S/C20H20N2O3S/c1-14-3-5-18(6-4-14)26(24,25)22-10-7-15-12-19-16(13-20(15)22)11-17(23)8-9-21(19)2/h3-7,10,12-13H,8-9,11H2,1-2H3. The van der Waals surface area contributed by atoms with Crippen LogP contribution in [-0.2, 0) is 21.2 Å². The molecule has 26 heavy (non-hydrogen) atoms. The molecule has 0 spiro atoms. The summed E-state index contributed by atoms with van der Waals surface area (Å²) in [7, 11) is -1.72. The molecule has 0 radical (unpaired) electrons. The van der Waals surface area contributed by atoms with Crippen molar-refractivity contribution in [3.05, 3.63) is 59.8 Å². The Morgan fingerprint density at radius 2 is 1.77 bits per heavy atom. The summed E-state index contributed by atoms with van der Waals surface area (Å²) < 4.78 is 27.4. The molecular formula is C20H20N2O3S. The maximum Gasteiger partial charge on any atom is 0.268 e. The normalized spacial score (nSPS) is 15.2. The van der Waals surface area contributed by atoms with E-state index in [1.807, 2.05) is 32.2 Å². The van der Waals surface area contributed by atoms with E-state index in [2.05, 4.69) is 4.90 Å². The number of carbonyl (C=O) groups excluding carboxylic acids is 1. The van der Waals surface area contributed by atoms with Crippen LogP contribution in [0.5, 0.6) is 0 Å². The molecule has 2 heterocycles. The minimum atomic E-state index is -3.68. The van der Waals surface area contributed by atoms with E-state index in [4.69, 9.17) is 0 Å². The average Bonchev–Trinajstić information content (AvgIpc) is 2.97. The summed E-state index contributed by atoms with van der Waals surface area (Å²) in [5.74, 6) is 0.175. The molecule has 0 N–H and O–H groups in total. The Bertz CT molecular complexity index is 1110. The Morgan fingerprint density at radius 3 is 2.50 bits per heavy atom. The zero-order valence-corrected chi connectivity index (χ0v) is 15.6. The lowest BCUT2D eigenvalue weighted by molar-refractivity contribution is -0.118. The van der Waals surface area contributed by atoms with Crippen molar-refractivity contribution in [2.75, 3.05) is 18.5 Å². The summed E-state index contributed by atoms with van der Waals surface area (Å²) in [4.78, 5) is 14.4. The molecule has 0 saturated carbocycles. The van der Waals surface area contributed by atoms with Crippen LogP contribution >= 0.6 is 0 Å². The van der Waals surface area contributed by atoms with E-state index < -0.39 is 10.0 Å². The van der Waals surface area contributed by atoms with E-state index in [0.29, 0.717) is 24.9 Å². The Morgan fingerprint density at radius 1 is 1.04 bits per heavy atom. The number of hydrogen-bond donors (Lipinski definition) is 0. The van der Waals surface area contributed by atoms with Gasteiger partial charge in [0.2, 0.25) is 0 Å². The molecule has 134 valence electrons. The largest absolute Gasteiger partial charge is 0.374 e. The SMILES string of the molecule is Cc1ccc(S(=O)(=O)n2ccc3cc4c(cc32)CC(=O)CCN4C)cc1. The maximum atomic E-state index is 13.1. The van der Waals surface area contributed by atoms with Gasteiger partial charge in [-0.15, -0.1) is 0 Å². The van der Waals surface area contributed by atoms with E-state index in [1.54, 1.807) is 30.5 Å². The number of aromatic nitrogens is 1. The first kappa shape index (κ1) is 16.8. The van der Waals surface area contributed by atoms with Crippen molar-refractivity contribution in [1.82, 2.24) is 3.97 Å². The fourth-order valence-corrected chi connectivity index (χ4v) is 4.78. The second-order valence-electron chi connectivity index (χ2n) is 6.86. The third-order valence-corrected chi connectivity index (χ3v) is 6.66. The molecule has 2 aromatic carbocycles. The van der Waals surface area contributed by atoms with Crippen LogP contribution in [0.4, 0.5) is 5.69 Å². The number of carbonyl (C=O) groups is 1. The van der Waals surface area contributed by atoms with Crippen molar-refractivity contribution in [3.8, 4) is 0 Å². The second kappa shape index (κ2) is 5.99. The van der Waals surface area contributed by atoms with Gasteiger partial charge in [-0.1, -0.05) is 17.7 Å². The number of fused-ring (bicyclic) bond motifs is 2. The third-order valence-electron chi connectivity index (χ3n) is 4.96. The molecule has 0 unspecified atom stereocenters. The van der Waals surface area contributed by atoms with Crippen LogP contribution in [0.3, 0.4) is 0 Å². The van der Waals surface area contributed by atoms with Crippen LogP contribution in [0.1, 0.15) is 17.5 Å². The molecule has 4 rings (SSSR count). The van der Waals surface area contributed by atoms with Gasteiger partial charge in [0.15, 0.2) is 0 Å². The highest BCUT2D eigenvalue weighted by Crippen LogP contribution is 2.31. The van der Waals surface area contributed by atoms with E-state index >= 15 is 0 Å². The van der Waals surface area contributed by atoms with Crippen LogP contribution in [0.2, 0.25) is 0 Å². The molecule has 0 aliphatic carbocycles. The molecule has 3 aromatic rings. The highest BCUT2D eigenvalue weighted by Gasteiger charge is 2.22. The highest BCUT2D eigenvalue weighted by molar-refractivity contribution is 7.90. The van der Waals surface area contributed by atoms with Gasteiger partial charge < -0.3 is 4.90 Å². The number of benzene rings is 2. The van der Waals surface area contributed by atoms with Crippen molar-refractivity contribution in [1.29, 1.82) is 0 Å². The Hall–Kier alpha value is -2.60. The first-order chi connectivity index (χ1) is 12.4. The van der Waals surface area contributed by atoms with Gasteiger partial charge in [-0.2, -0.15) is 0 Å². The second-order valence-corrected chi connectivity index (χ2v) is 8.67. The minimum Gasteiger partial charge on any atom is -0.374 e. The quantitative estimate of drug-likeness (QED) is 0.697. The smallest absolute Gasteiger partial charge is 0.268 e. The molecule has 5 nitrogen and oxygen atoms in total. The maximum absolute atomic E-state index is 13.1. The first-order valence-corrected chi connectivity index (χ1v) is 9.99. The van der Waals surface area contributed by atoms with Gasteiger partial charge in [-0.25, -0.2) is 12.4 Å². The number of aryl methyl sites for hydroxylation is 1. The Balaban J connectivity index is 1.90. The predicted octanol–water partition coefficient (Wildman–Crippen LogP) is 3.14. The summed E-state index contributed by atoms with van der Waals surface area (Å²) in [5.41, 5.74) is 3.48. The van der Waals surface area contributed by atoms with Crippen molar-refractivity contribution in [2.24, 2.45) is 0 Å². The number of anilines is 1. The Kier molecular flexibility index (Phi) is 3.88. The van der Waals surface area contributed by atoms with Crippen molar-refractivity contribution in [3.63, 3.8) is 0 Å². The molecule has 1 aromatic heterocycles. The molecule has 0 atom stereocenters. The Labute approximate surface area is 152 Å². The highest BCUT2D eigenvalue weighted by atomic mass is 32.2. The lowest BCUT2D eigenvalue weighted by Crippen LogP contribution is -2.18. The van der Waals surface area contributed by atoms with Gasteiger partial charge in [-0.3, -0.25) is 4.79 Å².